The van der Waals surface area contributed by atoms with E-state index in [4.69, 9.17) is 11.6 Å². The quantitative estimate of drug-likeness (QED) is 0.675. The highest BCUT2D eigenvalue weighted by molar-refractivity contribution is 6.34. The van der Waals surface area contributed by atoms with Crippen LogP contribution in [0, 0.1) is 5.92 Å². The molecule has 3 aliphatic rings. The first kappa shape index (κ1) is 22.0. The average Bonchev–Trinajstić information content (AvgIpc) is 3.55. The summed E-state index contributed by atoms with van der Waals surface area (Å²) < 4.78 is 0. The van der Waals surface area contributed by atoms with E-state index in [0.29, 0.717) is 34.2 Å². The number of halogens is 1. The first-order chi connectivity index (χ1) is 16.0. The molecule has 3 fully saturated rings. The lowest BCUT2D eigenvalue weighted by Gasteiger charge is -2.33. The Balaban J connectivity index is 1.34. The molecule has 0 radical (unpaired) electrons. The van der Waals surface area contributed by atoms with Crippen LogP contribution < -0.4 is 10.6 Å². The smallest absolute Gasteiger partial charge is 0.254 e. The third-order valence-electron chi connectivity index (χ3n) is 7.04. The lowest BCUT2D eigenvalue weighted by Crippen LogP contribution is -2.47. The Morgan fingerprint density at radius 3 is 2.42 bits per heavy atom. The van der Waals surface area contributed by atoms with Crippen LogP contribution in [0.1, 0.15) is 65.7 Å². The van der Waals surface area contributed by atoms with E-state index in [2.05, 4.69) is 10.6 Å². The molecule has 3 amide bonds. The fourth-order valence-corrected chi connectivity index (χ4v) is 5.48. The van der Waals surface area contributed by atoms with Gasteiger partial charge in [-0.1, -0.05) is 42.6 Å². The minimum Gasteiger partial charge on any atom is -0.349 e. The van der Waals surface area contributed by atoms with Crippen LogP contribution in [-0.2, 0) is 4.79 Å². The Morgan fingerprint density at radius 1 is 0.939 bits per heavy atom. The normalized spacial score (nSPS) is 24.2. The van der Waals surface area contributed by atoms with Crippen molar-refractivity contribution in [3.8, 4) is 0 Å². The standard InChI is InChI=1S/C26H28ClN3O3/c27-21-15-19(12-13-20(21)24(31)28-18-10-11-18)29-25(32)23-14-17-8-4-5-9-22(17)30(23)26(33)16-6-2-1-3-7-16/h1-3,6-7,12-13,15,17-18,22-23H,4-5,8-11,14H2,(H,28,31)(H,29,32). The van der Waals surface area contributed by atoms with Gasteiger partial charge in [0.2, 0.25) is 5.91 Å². The van der Waals surface area contributed by atoms with Crippen molar-refractivity contribution >= 4 is 35.0 Å². The summed E-state index contributed by atoms with van der Waals surface area (Å²) in [4.78, 5) is 40.9. The zero-order valence-corrected chi connectivity index (χ0v) is 19.2. The molecule has 3 atom stereocenters. The second-order valence-electron chi connectivity index (χ2n) is 9.37. The fraction of sp³-hybridized carbons (Fsp3) is 0.423. The lowest BCUT2D eigenvalue weighted by molar-refractivity contribution is -0.120. The number of fused-ring (bicyclic) bond motifs is 1. The van der Waals surface area contributed by atoms with Gasteiger partial charge in [0.25, 0.3) is 11.8 Å². The molecular formula is C26H28ClN3O3. The molecule has 2 aromatic rings. The first-order valence-electron chi connectivity index (χ1n) is 11.8. The molecule has 2 aliphatic carbocycles. The molecule has 2 aromatic carbocycles. The molecule has 1 heterocycles. The Kier molecular flexibility index (Phi) is 6.11. The van der Waals surface area contributed by atoms with Crippen LogP contribution in [0.15, 0.2) is 48.5 Å². The molecule has 0 aromatic heterocycles. The largest absolute Gasteiger partial charge is 0.349 e. The van der Waals surface area contributed by atoms with Crippen molar-refractivity contribution in [3.05, 3.63) is 64.7 Å². The van der Waals surface area contributed by atoms with Gasteiger partial charge in [-0.2, -0.15) is 0 Å². The van der Waals surface area contributed by atoms with Gasteiger partial charge in [-0.25, -0.2) is 0 Å². The van der Waals surface area contributed by atoms with E-state index in [-0.39, 0.29) is 29.8 Å². The van der Waals surface area contributed by atoms with Gasteiger partial charge in [-0.05, 0) is 68.4 Å². The predicted octanol–water partition coefficient (Wildman–Crippen LogP) is 4.64. The lowest BCUT2D eigenvalue weighted by atomic mass is 9.84. The van der Waals surface area contributed by atoms with E-state index in [0.717, 1.165) is 38.5 Å². The second kappa shape index (κ2) is 9.18. The molecule has 1 saturated heterocycles. The van der Waals surface area contributed by atoms with Crippen molar-refractivity contribution < 1.29 is 14.4 Å². The molecule has 2 N–H and O–H groups in total. The number of nitrogens with zero attached hydrogens (tertiary/aromatic N) is 1. The summed E-state index contributed by atoms with van der Waals surface area (Å²) in [5.74, 6) is -0.144. The van der Waals surface area contributed by atoms with Crippen molar-refractivity contribution in [1.29, 1.82) is 0 Å². The Labute approximate surface area is 198 Å². The maximum absolute atomic E-state index is 13.4. The Morgan fingerprint density at radius 2 is 1.70 bits per heavy atom. The summed E-state index contributed by atoms with van der Waals surface area (Å²) in [7, 11) is 0. The van der Waals surface area contributed by atoms with Gasteiger partial charge in [-0.3, -0.25) is 14.4 Å². The van der Waals surface area contributed by atoms with Crippen LogP contribution in [0.3, 0.4) is 0 Å². The predicted molar refractivity (Wildman–Crippen MR) is 127 cm³/mol. The fourth-order valence-electron chi connectivity index (χ4n) is 5.21. The van der Waals surface area contributed by atoms with Crippen molar-refractivity contribution in [3.63, 3.8) is 0 Å². The molecule has 7 heteroatoms. The van der Waals surface area contributed by atoms with E-state index in [1.165, 1.54) is 0 Å². The van der Waals surface area contributed by atoms with Gasteiger partial charge in [-0.15, -0.1) is 0 Å². The minimum atomic E-state index is -0.526. The van der Waals surface area contributed by atoms with E-state index < -0.39 is 6.04 Å². The summed E-state index contributed by atoms with van der Waals surface area (Å²) in [6, 6.07) is 13.9. The molecule has 1 aliphatic heterocycles. The number of anilines is 1. The van der Waals surface area contributed by atoms with Crippen LogP contribution in [0.5, 0.6) is 0 Å². The zero-order chi connectivity index (χ0) is 22.9. The Bertz CT molecular complexity index is 1070. The summed E-state index contributed by atoms with van der Waals surface area (Å²) in [5, 5.41) is 6.16. The van der Waals surface area contributed by atoms with Gasteiger partial charge >= 0.3 is 0 Å². The molecule has 33 heavy (non-hydrogen) atoms. The molecule has 0 bridgehead atoms. The third-order valence-corrected chi connectivity index (χ3v) is 7.35. The van der Waals surface area contributed by atoms with E-state index in [9.17, 15) is 14.4 Å². The SMILES string of the molecule is O=C(NC1CC1)c1ccc(NC(=O)C2CC3CCCCC3N2C(=O)c2ccccc2)cc1Cl. The number of nitrogens with one attached hydrogen (secondary N) is 2. The number of carbonyl (C=O) groups excluding carboxylic acids is 3. The van der Waals surface area contributed by atoms with E-state index >= 15 is 0 Å². The van der Waals surface area contributed by atoms with Crippen molar-refractivity contribution in [1.82, 2.24) is 10.2 Å². The van der Waals surface area contributed by atoms with Gasteiger partial charge in [0, 0.05) is 23.3 Å². The van der Waals surface area contributed by atoms with Crippen LogP contribution >= 0.6 is 11.6 Å². The minimum absolute atomic E-state index is 0.0877. The molecule has 0 spiro atoms. The maximum atomic E-state index is 13.4. The third kappa shape index (κ3) is 4.62. The topological polar surface area (TPSA) is 78.5 Å². The van der Waals surface area contributed by atoms with E-state index in [1.54, 1.807) is 30.3 Å². The number of amides is 3. The molecule has 5 rings (SSSR count). The number of likely N-dealkylation sites (tertiary alicyclic amines) is 1. The molecular weight excluding hydrogens is 438 g/mol. The average molecular weight is 466 g/mol. The zero-order valence-electron chi connectivity index (χ0n) is 18.4. The highest BCUT2D eigenvalue weighted by Gasteiger charge is 2.47. The molecule has 3 unspecified atom stereocenters. The highest BCUT2D eigenvalue weighted by Crippen LogP contribution is 2.41. The van der Waals surface area contributed by atoms with Crippen LogP contribution in [0.2, 0.25) is 5.02 Å². The van der Waals surface area contributed by atoms with Crippen LogP contribution in [0.4, 0.5) is 5.69 Å². The molecule has 2 saturated carbocycles. The van der Waals surface area contributed by atoms with Crippen molar-refractivity contribution in [2.75, 3.05) is 5.32 Å². The Hall–Kier alpha value is -2.86. The summed E-state index contributed by atoms with van der Waals surface area (Å²) >= 11 is 6.35. The van der Waals surface area contributed by atoms with Crippen molar-refractivity contribution in [2.45, 2.75) is 63.1 Å². The van der Waals surface area contributed by atoms with Gasteiger partial charge in [0.05, 0.1) is 10.6 Å². The monoisotopic (exact) mass is 465 g/mol. The molecule has 6 nitrogen and oxygen atoms in total. The number of carbonyl (C=O) groups is 3. The van der Waals surface area contributed by atoms with Crippen molar-refractivity contribution in [2.24, 2.45) is 5.92 Å². The number of hydrogen-bond acceptors (Lipinski definition) is 3. The summed E-state index contributed by atoms with van der Waals surface area (Å²) in [6.45, 7) is 0. The van der Waals surface area contributed by atoms with Gasteiger partial charge < -0.3 is 15.5 Å². The molecule has 172 valence electrons. The van der Waals surface area contributed by atoms with E-state index in [1.807, 2.05) is 23.1 Å². The van der Waals surface area contributed by atoms with Crippen LogP contribution in [0.25, 0.3) is 0 Å². The highest BCUT2D eigenvalue weighted by atomic mass is 35.5. The summed E-state index contributed by atoms with van der Waals surface area (Å²) in [5.41, 5.74) is 1.53. The summed E-state index contributed by atoms with van der Waals surface area (Å²) in [6.07, 6.45) is 6.87. The van der Waals surface area contributed by atoms with Crippen LogP contribution in [-0.4, -0.2) is 40.7 Å². The number of rotatable bonds is 5. The van der Waals surface area contributed by atoms with Gasteiger partial charge in [0.1, 0.15) is 6.04 Å². The van der Waals surface area contributed by atoms with Gasteiger partial charge in [0.15, 0.2) is 0 Å². The first-order valence-corrected chi connectivity index (χ1v) is 12.2. The maximum Gasteiger partial charge on any atom is 0.254 e. The number of hydrogen-bond donors (Lipinski definition) is 2. The number of benzene rings is 2. The second-order valence-corrected chi connectivity index (χ2v) is 9.78.